The second-order valence-electron chi connectivity index (χ2n) is 3.81. The fourth-order valence-electron chi connectivity index (χ4n) is 1.79. The van der Waals surface area contributed by atoms with Crippen molar-refractivity contribution in [1.82, 2.24) is 4.57 Å². The fourth-order valence-corrected chi connectivity index (χ4v) is 1.79. The van der Waals surface area contributed by atoms with Crippen molar-refractivity contribution < 1.29 is 23.1 Å². The summed E-state index contributed by atoms with van der Waals surface area (Å²) in [4.78, 5) is 10.8. The zero-order valence-corrected chi connectivity index (χ0v) is 9.58. The van der Waals surface area contributed by atoms with Crippen molar-refractivity contribution in [1.29, 1.82) is 0 Å². The van der Waals surface area contributed by atoms with Crippen LogP contribution in [0, 0.1) is 0 Å². The maximum atomic E-state index is 12.6. The number of halogens is 3. The number of carbonyl (C=O) groups is 1. The molecule has 0 aliphatic carbocycles. The van der Waals surface area contributed by atoms with Crippen LogP contribution in [-0.4, -0.2) is 15.6 Å². The van der Waals surface area contributed by atoms with Crippen molar-refractivity contribution in [2.75, 3.05) is 0 Å². The van der Waals surface area contributed by atoms with E-state index in [1.165, 1.54) is 4.57 Å². The molecular weight excluding hydrogens is 235 g/mol. The van der Waals surface area contributed by atoms with E-state index in [0.717, 1.165) is 12.4 Å². The summed E-state index contributed by atoms with van der Waals surface area (Å²) in [5, 5.41) is 8.76. The van der Waals surface area contributed by atoms with Crippen molar-refractivity contribution in [2.45, 2.75) is 38.9 Å². The van der Waals surface area contributed by atoms with Gasteiger partial charge in [0.15, 0.2) is 0 Å². The lowest BCUT2D eigenvalue weighted by molar-refractivity contribution is -0.138. The number of carboxylic acids is 1. The van der Waals surface area contributed by atoms with E-state index in [1.807, 2.05) is 13.8 Å². The molecule has 1 aromatic heterocycles. The van der Waals surface area contributed by atoms with Crippen molar-refractivity contribution >= 4 is 5.97 Å². The topological polar surface area (TPSA) is 42.2 Å². The third-order valence-corrected chi connectivity index (χ3v) is 2.75. The molecule has 0 saturated heterocycles. The molecule has 1 heterocycles. The average Bonchev–Trinajstić information content (AvgIpc) is 2.64. The van der Waals surface area contributed by atoms with Crippen LogP contribution in [-0.2, 0) is 6.18 Å². The Morgan fingerprint density at radius 3 is 2.18 bits per heavy atom. The van der Waals surface area contributed by atoms with Gasteiger partial charge in [0.2, 0.25) is 0 Å². The van der Waals surface area contributed by atoms with Gasteiger partial charge in [0.1, 0.15) is 0 Å². The molecule has 0 unspecified atom stereocenters. The van der Waals surface area contributed by atoms with E-state index in [2.05, 4.69) is 0 Å². The number of aromatic nitrogens is 1. The van der Waals surface area contributed by atoms with Gasteiger partial charge in [0.25, 0.3) is 0 Å². The maximum absolute atomic E-state index is 12.6. The Morgan fingerprint density at radius 2 is 1.88 bits per heavy atom. The van der Waals surface area contributed by atoms with Gasteiger partial charge in [-0.2, -0.15) is 13.2 Å². The van der Waals surface area contributed by atoms with Crippen molar-refractivity contribution in [3.8, 4) is 0 Å². The molecule has 0 aliphatic rings. The van der Waals surface area contributed by atoms with Gasteiger partial charge < -0.3 is 9.67 Å². The Kier molecular flexibility index (Phi) is 3.85. The first kappa shape index (κ1) is 13.6. The molecule has 0 radical (unpaired) electrons. The molecule has 0 amide bonds. The van der Waals surface area contributed by atoms with Gasteiger partial charge in [-0.3, -0.25) is 0 Å². The van der Waals surface area contributed by atoms with Crippen molar-refractivity contribution in [3.63, 3.8) is 0 Å². The van der Waals surface area contributed by atoms with Crippen LogP contribution in [0.4, 0.5) is 13.2 Å². The normalized spacial score (nSPS) is 12.1. The lowest BCUT2D eigenvalue weighted by Crippen LogP contribution is -2.09. The van der Waals surface area contributed by atoms with Gasteiger partial charge in [-0.1, -0.05) is 13.8 Å². The molecule has 3 nitrogen and oxygen atoms in total. The molecule has 17 heavy (non-hydrogen) atoms. The van der Waals surface area contributed by atoms with Gasteiger partial charge in [-0.05, 0) is 12.8 Å². The number of alkyl halides is 3. The van der Waals surface area contributed by atoms with Crippen molar-refractivity contribution in [2.24, 2.45) is 0 Å². The summed E-state index contributed by atoms with van der Waals surface area (Å²) in [7, 11) is 0. The van der Waals surface area contributed by atoms with E-state index in [-0.39, 0.29) is 6.04 Å². The largest absolute Gasteiger partial charge is 0.478 e. The molecular formula is C11H14F3NO2. The Hall–Kier alpha value is -1.46. The van der Waals surface area contributed by atoms with Crippen LogP contribution in [0.2, 0.25) is 0 Å². The maximum Gasteiger partial charge on any atom is 0.418 e. The summed E-state index contributed by atoms with van der Waals surface area (Å²) < 4.78 is 39.2. The Bertz CT molecular complexity index is 405. The van der Waals surface area contributed by atoms with Crippen LogP contribution in [0.25, 0.3) is 0 Å². The average molecular weight is 249 g/mol. The summed E-state index contributed by atoms with van der Waals surface area (Å²) in [6.07, 6.45) is -1.39. The fraction of sp³-hybridized carbons (Fsp3) is 0.545. The van der Waals surface area contributed by atoms with Gasteiger partial charge in [0, 0.05) is 18.4 Å². The van der Waals surface area contributed by atoms with Gasteiger partial charge in [-0.15, -0.1) is 0 Å². The molecule has 6 heteroatoms. The zero-order valence-electron chi connectivity index (χ0n) is 9.58. The predicted octanol–water partition coefficient (Wildman–Crippen LogP) is 3.57. The molecule has 0 spiro atoms. The highest BCUT2D eigenvalue weighted by Crippen LogP contribution is 2.34. The molecule has 96 valence electrons. The van der Waals surface area contributed by atoms with Crippen LogP contribution in [0.3, 0.4) is 0 Å². The molecule has 0 fully saturated rings. The van der Waals surface area contributed by atoms with Gasteiger partial charge in [-0.25, -0.2) is 4.79 Å². The van der Waals surface area contributed by atoms with E-state index in [1.54, 1.807) is 0 Å². The van der Waals surface area contributed by atoms with Gasteiger partial charge >= 0.3 is 12.1 Å². The van der Waals surface area contributed by atoms with E-state index >= 15 is 0 Å². The summed E-state index contributed by atoms with van der Waals surface area (Å²) >= 11 is 0. The predicted molar refractivity (Wildman–Crippen MR) is 56.0 cm³/mol. The van der Waals surface area contributed by atoms with Gasteiger partial charge in [0.05, 0.1) is 11.1 Å². The SMILES string of the molecule is CCC(CC)n1cc(C(=O)O)c(C(F)(F)F)c1. The zero-order chi connectivity index (χ0) is 13.2. The number of hydrogen-bond acceptors (Lipinski definition) is 1. The Balaban J connectivity index is 3.26. The van der Waals surface area contributed by atoms with Crippen LogP contribution in [0.5, 0.6) is 0 Å². The summed E-state index contributed by atoms with van der Waals surface area (Å²) in [6.45, 7) is 3.70. The molecule has 0 saturated carbocycles. The first-order valence-electron chi connectivity index (χ1n) is 5.33. The summed E-state index contributed by atoms with van der Waals surface area (Å²) in [5.74, 6) is -1.55. The molecule has 1 rings (SSSR count). The smallest absolute Gasteiger partial charge is 0.418 e. The lowest BCUT2D eigenvalue weighted by atomic mass is 10.2. The monoisotopic (exact) mass is 249 g/mol. The van der Waals surface area contributed by atoms with Crippen molar-refractivity contribution in [3.05, 3.63) is 23.5 Å². The minimum atomic E-state index is -4.63. The molecule has 0 aromatic carbocycles. The number of rotatable bonds is 4. The minimum absolute atomic E-state index is 0.107. The molecule has 0 aliphatic heterocycles. The standard InChI is InChI=1S/C11H14F3NO2/c1-3-7(4-2)15-5-8(10(16)17)9(6-15)11(12,13)14/h5-7H,3-4H2,1-2H3,(H,16,17). The third-order valence-electron chi connectivity index (χ3n) is 2.75. The highest BCUT2D eigenvalue weighted by molar-refractivity contribution is 5.89. The Labute approximate surface area is 96.9 Å². The molecule has 1 N–H and O–H groups in total. The number of nitrogens with zero attached hydrogens (tertiary/aromatic N) is 1. The quantitative estimate of drug-likeness (QED) is 0.886. The van der Waals surface area contributed by atoms with E-state index in [0.29, 0.717) is 12.8 Å². The van der Waals surface area contributed by atoms with Crippen LogP contribution >= 0.6 is 0 Å². The third kappa shape index (κ3) is 2.81. The van der Waals surface area contributed by atoms with E-state index < -0.39 is 23.3 Å². The number of aromatic carboxylic acids is 1. The lowest BCUT2D eigenvalue weighted by Gasteiger charge is -2.14. The van der Waals surface area contributed by atoms with Crippen LogP contribution < -0.4 is 0 Å². The first-order valence-corrected chi connectivity index (χ1v) is 5.33. The minimum Gasteiger partial charge on any atom is -0.478 e. The summed E-state index contributed by atoms with van der Waals surface area (Å²) in [5.41, 5.74) is -1.78. The van der Waals surface area contributed by atoms with Crippen LogP contribution in [0.15, 0.2) is 12.4 Å². The molecule has 1 aromatic rings. The number of carboxylic acid groups (broad SMARTS) is 1. The second-order valence-corrected chi connectivity index (χ2v) is 3.81. The van der Waals surface area contributed by atoms with Crippen LogP contribution in [0.1, 0.15) is 48.7 Å². The Morgan fingerprint density at radius 1 is 1.35 bits per heavy atom. The molecule has 0 atom stereocenters. The highest BCUT2D eigenvalue weighted by Gasteiger charge is 2.37. The second kappa shape index (κ2) is 4.81. The first-order chi connectivity index (χ1) is 7.81. The van der Waals surface area contributed by atoms with E-state index in [4.69, 9.17) is 5.11 Å². The highest BCUT2D eigenvalue weighted by atomic mass is 19.4. The van der Waals surface area contributed by atoms with E-state index in [9.17, 15) is 18.0 Å². The molecule has 0 bridgehead atoms. The summed E-state index contributed by atoms with van der Waals surface area (Å²) in [6, 6.07) is -0.107. The number of hydrogen-bond donors (Lipinski definition) is 1.